The van der Waals surface area contributed by atoms with Crippen molar-refractivity contribution in [1.82, 2.24) is 9.88 Å². The van der Waals surface area contributed by atoms with Gasteiger partial charge in [0.15, 0.2) is 0 Å². The molecule has 0 radical (unpaired) electrons. The molecule has 4 nitrogen and oxygen atoms in total. The molecule has 102 valence electrons. The lowest BCUT2D eigenvalue weighted by Gasteiger charge is -2.24. The quantitative estimate of drug-likeness (QED) is 0.860. The summed E-state index contributed by atoms with van der Waals surface area (Å²) in [4.78, 5) is 6.53. The summed E-state index contributed by atoms with van der Waals surface area (Å²) in [6.07, 6.45) is 2.71. The lowest BCUT2D eigenvalue weighted by Crippen LogP contribution is -2.35. The van der Waals surface area contributed by atoms with Gasteiger partial charge in [-0.3, -0.25) is 4.98 Å². The summed E-state index contributed by atoms with van der Waals surface area (Å²) in [6.45, 7) is 1.29. The van der Waals surface area contributed by atoms with Gasteiger partial charge in [0.2, 0.25) is 0 Å². The number of benzene rings is 1. The summed E-state index contributed by atoms with van der Waals surface area (Å²) in [5.74, 6) is 0.835. The van der Waals surface area contributed by atoms with Gasteiger partial charge in [-0.1, -0.05) is 18.2 Å². The minimum absolute atomic E-state index is 0.323. The van der Waals surface area contributed by atoms with Crippen molar-refractivity contribution in [2.75, 3.05) is 27.2 Å². The lowest BCUT2D eigenvalue weighted by atomic mass is 10.2. The van der Waals surface area contributed by atoms with Gasteiger partial charge in [-0.15, -0.1) is 0 Å². The Morgan fingerprint density at radius 1 is 1.26 bits per heavy atom. The predicted octanol–water partition coefficient (Wildman–Crippen LogP) is 1.89. The maximum Gasteiger partial charge on any atom is 0.145 e. The highest BCUT2D eigenvalue weighted by Gasteiger charge is 2.12. The van der Waals surface area contributed by atoms with E-state index in [1.54, 1.807) is 6.20 Å². The van der Waals surface area contributed by atoms with Gasteiger partial charge in [0.05, 0.1) is 0 Å². The first-order chi connectivity index (χ1) is 9.22. The van der Waals surface area contributed by atoms with Gasteiger partial charge in [-0.05, 0) is 39.2 Å². The van der Waals surface area contributed by atoms with Gasteiger partial charge in [0.1, 0.15) is 17.9 Å². The van der Waals surface area contributed by atoms with Gasteiger partial charge in [0.25, 0.3) is 0 Å². The number of hydrogen-bond acceptors (Lipinski definition) is 4. The molecule has 1 unspecified atom stereocenters. The first-order valence-electron chi connectivity index (χ1n) is 6.55. The molecule has 1 aromatic carbocycles. The van der Waals surface area contributed by atoms with Crippen LogP contribution in [0.2, 0.25) is 0 Å². The Morgan fingerprint density at radius 2 is 2.05 bits per heavy atom. The summed E-state index contributed by atoms with van der Waals surface area (Å²) in [7, 11) is 4.09. The van der Waals surface area contributed by atoms with Crippen LogP contribution in [-0.2, 0) is 0 Å². The van der Waals surface area contributed by atoms with E-state index in [0.29, 0.717) is 19.2 Å². The molecule has 0 amide bonds. The zero-order valence-electron chi connectivity index (χ0n) is 11.5. The van der Waals surface area contributed by atoms with Gasteiger partial charge in [-0.25, -0.2) is 0 Å². The first kappa shape index (κ1) is 13.8. The second-order valence-corrected chi connectivity index (χ2v) is 4.84. The molecule has 0 aliphatic heterocycles. The van der Waals surface area contributed by atoms with E-state index in [0.717, 1.165) is 23.1 Å². The van der Waals surface area contributed by atoms with Crippen molar-refractivity contribution in [2.45, 2.75) is 12.5 Å². The minimum atomic E-state index is 0.323. The van der Waals surface area contributed by atoms with Crippen LogP contribution in [0.4, 0.5) is 0 Å². The highest BCUT2D eigenvalue weighted by atomic mass is 16.5. The number of nitrogens with zero attached hydrogens (tertiary/aromatic N) is 2. The molecule has 2 N–H and O–H groups in total. The molecular formula is C15H21N3O. The molecule has 0 spiro atoms. The SMILES string of the molecule is CN(C)C(CCN)COc1cccc2cccnc12. The number of pyridine rings is 1. The number of hydrogen-bond donors (Lipinski definition) is 1. The second kappa shape index (κ2) is 6.50. The van der Waals surface area contributed by atoms with E-state index in [-0.39, 0.29) is 0 Å². The topological polar surface area (TPSA) is 51.4 Å². The maximum absolute atomic E-state index is 5.94. The van der Waals surface area contributed by atoms with Crippen molar-refractivity contribution in [2.24, 2.45) is 5.73 Å². The molecule has 1 aromatic heterocycles. The Hall–Kier alpha value is -1.65. The normalized spacial score (nSPS) is 12.8. The average Bonchev–Trinajstić information content (AvgIpc) is 2.43. The van der Waals surface area contributed by atoms with Gasteiger partial charge in [-0.2, -0.15) is 0 Å². The summed E-state index contributed by atoms with van der Waals surface area (Å²) < 4.78 is 5.94. The van der Waals surface area contributed by atoms with E-state index in [1.807, 2.05) is 44.4 Å². The van der Waals surface area contributed by atoms with Crippen molar-refractivity contribution in [3.05, 3.63) is 36.5 Å². The van der Waals surface area contributed by atoms with Crippen LogP contribution in [0.3, 0.4) is 0 Å². The molecule has 2 aromatic rings. The molecule has 0 bridgehead atoms. The van der Waals surface area contributed by atoms with E-state index in [2.05, 4.69) is 9.88 Å². The molecule has 1 atom stereocenters. The molecule has 4 heteroatoms. The number of ether oxygens (including phenoxy) is 1. The smallest absolute Gasteiger partial charge is 0.145 e. The van der Waals surface area contributed by atoms with Gasteiger partial charge >= 0.3 is 0 Å². The zero-order valence-corrected chi connectivity index (χ0v) is 11.5. The maximum atomic E-state index is 5.94. The van der Waals surface area contributed by atoms with Crippen LogP contribution in [0, 0.1) is 0 Å². The second-order valence-electron chi connectivity index (χ2n) is 4.84. The predicted molar refractivity (Wildman–Crippen MR) is 78.4 cm³/mol. The van der Waals surface area contributed by atoms with Gasteiger partial charge < -0.3 is 15.4 Å². The molecular weight excluding hydrogens is 238 g/mol. The Balaban J connectivity index is 2.13. The zero-order chi connectivity index (χ0) is 13.7. The molecule has 19 heavy (non-hydrogen) atoms. The number of fused-ring (bicyclic) bond motifs is 1. The van der Waals surface area contributed by atoms with Crippen LogP contribution in [0.1, 0.15) is 6.42 Å². The van der Waals surface area contributed by atoms with Crippen LogP contribution in [0.5, 0.6) is 5.75 Å². The average molecular weight is 259 g/mol. The van der Waals surface area contributed by atoms with Crippen LogP contribution < -0.4 is 10.5 Å². The Labute approximate surface area is 114 Å². The lowest BCUT2D eigenvalue weighted by molar-refractivity contribution is 0.180. The van der Waals surface area contributed by atoms with Crippen molar-refractivity contribution in [1.29, 1.82) is 0 Å². The Kier molecular flexibility index (Phi) is 4.71. The standard InChI is InChI=1S/C15H21N3O/c1-18(2)13(8-9-16)11-19-14-7-3-5-12-6-4-10-17-15(12)14/h3-7,10,13H,8-9,11,16H2,1-2H3. The van der Waals surface area contributed by atoms with Gasteiger partial charge in [0, 0.05) is 17.6 Å². The fourth-order valence-electron chi connectivity index (χ4n) is 2.06. The third kappa shape index (κ3) is 3.43. The van der Waals surface area contributed by atoms with E-state index in [1.165, 1.54) is 0 Å². The third-order valence-corrected chi connectivity index (χ3v) is 3.26. The largest absolute Gasteiger partial charge is 0.490 e. The van der Waals surface area contributed by atoms with Crippen LogP contribution in [0.25, 0.3) is 10.9 Å². The summed E-state index contributed by atoms with van der Waals surface area (Å²) in [5, 5.41) is 1.10. The summed E-state index contributed by atoms with van der Waals surface area (Å²) in [6, 6.07) is 10.3. The number of aromatic nitrogens is 1. The molecule has 1 heterocycles. The molecule has 0 aliphatic carbocycles. The monoisotopic (exact) mass is 259 g/mol. The van der Waals surface area contributed by atoms with Crippen LogP contribution >= 0.6 is 0 Å². The number of rotatable bonds is 6. The number of para-hydroxylation sites is 1. The van der Waals surface area contributed by atoms with Crippen molar-refractivity contribution in [3.8, 4) is 5.75 Å². The highest BCUT2D eigenvalue weighted by molar-refractivity contribution is 5.84. The van der Waals surface area contributed by atoms with Crippen molar-refractivity contribution < 1.29 is 4.74 Å². The molecule has 0 saturated heterocycles. The minimum Gasteiger partial charge on any atom is -0.490 e. The molecule has 0 aliphatic rings. The summed E-state index contributed by atoms with van der Waals surface area (Å²) >= 11 is 0. The van der Waals surface area contributed by atoms with Crippen molar-refractivity contribution >= 4 is 10.9 Å². The van der Waals surface area contributed by atoms with E-state index >= 15 is 0 Å². The van der Waals surface area contributed by atoms with E-state index in [9.17, 15) is 0 Å². The van der Waals surface area contributed by atoms with E-state index in [4.69, 9.17) is 10.5 Å². The molecule has 0 saturated carbocycles. The fourth-order valence-corrected chi connectivity index (χ4v) is 2.06. The first-order valence-corrected chi connectivity index (χ1v) is 6.55. The third-order valence-electron chi connectivity index (χ3n) is 3.26. The highest BCUT2D eigenvalue weighted by Crippen LogP contribution is 2.23. The Morgan fingerprint density at radius 3 is 2.79 bits per heavy atom. The Bertz CT molecular complexity index is 522. The number of nitrogens with two attached hydrogens (primary N) is 1. The molecule has 0 fully saturated rings. The van der Waals surface area contributed by atoms with Crippen LogP contribution in [0.15, 0.2) is 36.5 Å². The summed E-state index contributed by atoms with van der Waals surface area (Å²) in [5.41, 5.74) is 6.54. The fraction of sp³-hybridized carbons (Fsp3) is 0.400. The molecule has 2 rings (SSSR count). The van der Waals surface area contributed by atoms with Crippen LogP contribution in [-0.4, -0.2) is 43.2 Å². The van der Waals surface area contributed by atoms with Crippen molar-refractivity contribution in [3.63, 3.8) is 0 Å². The number of likely N-dealkylation sites (N-methyl/N-ethyl adjacent to an activating group) is 1. The van der Waals surface area contributed by atoms with E-state index < -0.39 is 0 Å².